The fourth-order valence-corrected chi connectivity index (χ4v) is 5.37. The molecule has 2 heterocycles. The third kappa shape index (κ3) is 7.64. The molecule has 1 aliphatic rings. The average Bonchev–Trinajstić information content (AvgIpc) is 3.26. The van der Waals surface area contributed by atoms with Crippen molar-refractivity contribution in [3.63, 3.8) is 0 Å². The summed E-state index contributed by atoms with van der Waals surface area (Å²) in [6, 6.07) is 19.8. The molecule has 218 valence electrons. The Hall–Kier alpha value is -3.92. The Morgan fingerprint density at radius 2 is 1.76 bits per heavy atom. The summed E-state index contributed by atoms with van der Waals surface area (Å²) in [6.45, 7) is 9.15. The van der Waals surface area contributed by atoms with E-state index >= 15 is 0 Å². The third-order valence-corrected chi connectivity index (χ3v) is 7.59. The molecule has 0 saturated carbocycles. The number of thiocarbonyl (C=S) groups is 1. The van der Waals surface area contributed by atoms with Gasteiger partial charge in [0.1, 0.15) is 11.5 Å². The molecule has 1 aliphatic heterocycles. The Morgan fingerprint density at radius 1 is 0.976 bits per heavy atom. The lowest BCUT2D eigenvalue weighted by Gasteiger charge is -2.34. The Labute approximate surface area is 248 Å². The van der Waals surface area contributed by atoms with Crippen LogP contribution >= 0.6 is 12.2 Å². The van der Waals surface area contributed by atoms with Crippen molar-refractivity contribution in [3.8, 4) is 22.8 Å². The molecule has 4 rings (SSSR count). The number of nitrogens with one attached hydrogen (secondary N) is 1. The Kier molecular flexibility index (Phi) is 10.3. The molecule has 0 spiro atoms. The Bertz CT molecular complexity index is 1300. The van der Waals surface area contributed by atoms with Crippen molar-refractivity contribution in [2.75, 3.05) is 51.8 Å². The van der Waals surface area contributed by atoms with Crippen LogP contribution in [0.25, 0.3) is 11.3 Å². The van der Waals surface area contributed by atoms with Gasteiger partial charge in [-0.15, -0.1) is 10.2 Å². The lowest BCUT2D eigenvalue weighted by atomic mass is 10.1. The second-order valence-electron chi connectivity index (χ2n) is 10.4. The summed E-state index contributed by atoms with van der Waals surface area (Å²) in [5.41, 5.74) is 2.68. The molecule has 0 aliphatic carbocycles. The SMILES string of the molecule is COc1ccc(-c2ccc(N3CCCN(C(=O)CN(C(=S)NC(C)C)[C@H](C)c4ccccc4)CC3)nn2)c(OC)c1. The number of rotatable bonds is 9. The molecule has 1 fully saturated rings. The van der Waals surface area contributed by atoms with Gasteiger partial charge in [0.05, 0.1) is 32.5 Å². The molecular weight excluding hydrogens is 536 g/mol. The van der Waals surface area contributed by atoms with Crippen molar-refractivity contribution in [3.05, 3.63) is 66.2 Å². The van der Waals surface area contributed by atoms with E-state index in [4.69, 9.17) is 21.7 Å². The molecule has 3 aromatic rings. The van der Waals surface area contributed by atoms with Crippen LogP contribution in [0.15, 0.2) is 60.7 Å². The van der Waals surface area contributed by atoms with Crippen LogP contribution in [0.2, 0.25) is 0 Å². The minimum Gasteiger partial charge on any atom is -0.497 e. The van der Waals surface area contributed by atoms with Crippen LogP contribution in [-0.2, 0) is 4.79 Å². The lowest BCUT2D eigenvalue weighted by Crippen LogP contribution is -2.49. The molecule has 9 nitrogen and oxygen atoms in total. The van der Waals surface area contributed by atoms with Crippen LogP contribution in [0, 0.1) is 0 Å². The number of hydrogen-bond acceptors (Lipinski definition) is 7. The quantitative estimate of drug-likeness (QED) is 0.369. The van der Waals surface area contributed by atoms with Crippen LogP contribution in [0.4, 0.5) is 5.82 Å². The van der Waals surface area contributed by atoms with Crippen LogP contribution in [0.1, 0.15) is 38.8 Å². The van der Waals surface area contributed by atoms with Crippen molar-refractivity contribution in [1.29, 1.82) is 0 Å². The fourth-order valence-electron chi connectivity index (χ4n) is 4.92. The number of amides is 1. The van der Waals surface area contributed by atoms with Gasteiger partial charge in [0.2, 0.25) is 5.91 Å². The van der Waals surface area contributed by atoms with Crippen LogP contribution in [0.3, 0.4) is 0 Å². The number of aromatic nitrogens is 2. The highest BCUT2D eigenvalue weighted by Crippen LogP contribution is 2.32. The van der Waals surface area contributed by atoms with E-state index in [1.54, 1.807) is 14.2 Å². The zero-order valence-electron chi connectivity index (χ0n) is 24.5. The summed E-state index contributed by atoms with van der Waals surface area (Å²) >= 11 is 5.74. The second kappa shape index (κ2) is 14.1. The maximum atomic E-state index is 13.6. The number of ether oxygens (including phenoxy) is 2. The largest absolute Gasteiger partial charge is 0.497 e. The smallest absolute Gasteiger partial charge is 0.242 e. The van der Waals surface area contributed by atoms with Gasteiger partial charge in [-0.25, -0.2) is 0 Å². The van der Waals surface area contributed by atoms with Crippen LogP contribution < -0.4 is 19.7 Å². The van der Waals surface area contributed by atoms with Crippen molar-refractivity contribution < 1.29 is 14.3 Å². The summed E-state index contributed by atoms with van der Waals surface area (Å²) in [6.07, 6.45) is 0.838. The lowest BCUT2D eigenvalue weighted by molar-refractivity contribution is -0.131. The molecule has 10 heteroatoms. The standard InChI is InChI=1S/C31H40N6O3S/c1-22(2)32-31(41)37(23(3)24-10-7-6-8-11-24)21-30(38)36-17-9-16-35(18-19-36)29-15-14-27(33-34-29)26-13-12-25(39-4)20-28(26)40-5/h6-8,10-15,20,22-23H,9,16-19,21H2,1-5H3,(H,32,41)/t23-/m1/s1. The highest BCUT2D eigenvalue weighted by molar-refractivity contribution is 7.80. The average molecular weight is 577 g/mol. The Balaban J connectivity index is 1.42. The summed E-state index contributed by atoms with van der Waals surface area (Å²) in [4.78, 5) is 19.7. The van der Waals surface area contributed by atoms with E-state index < -0.39 is 0 Å². The van der Waals surface area contributed by atoms with Gasteiger partial charge >= 0.3 is 0 Å². The minimum absolute atomic E-state index is 0.0412. The van der Waals surface area contributed by atoms with Gasteiger partial charge in [-0.1, -0.05) is 30.3 Å². The molecular formula is C31H40N6O3S. The van der Waals surface area contributed by atoms with E-state index in [-0.39, 0.29) is 24.5 Å². The normalized spacial score (nSPS) is 14.3. The predicted molar refractivity (Wildman–Crippen MR) is 166 cm³/mol. The number of nitrogens with zero attached hydrogens (tertiary/aromatic N) is 5. The molecule has 1 atom stereocenters. The van der Waals surface area contributed by atoms with Crippen LogP contribution in [0.5, 0.6) is 11.5 Å². The molecule has 0 unspecified atom stereocenters. The number of benzene rings is 2. The van der Waals surface area contributed by atoms with E-state index in [0.29, 0.717) is 30.5 Å². The molecule has 1 aromatic heterocycles. The van der Waals surface area contributed by atoms with Crippen LogP contribution in [-0.4, -0.2) is 84.0 Å². The maximum Gasteiger partial charge on any atom is 0.242 e. The number of anilines is 1. The molecule has 1 saturated heterocycles. The van der Waals surface area contributed by atoms with E-state index in [0.717, 1.165) is 41.4 Å². The monoisotopic (exact) mass is 576 g/mol. The Morgan fingerprint density at radius 3 is 2.41 bits per heavy atom. The summed E-state index contributed by atoms with van der Waals surface area (Å²) in [5.74, 6) is 2.25. The summed E-state index contributed by atoms with van der Waals surface area (Å²) in [5, 5.41) is 12.9. The van der Waals surface area contributed by atoms with E-state index in [1.165, 1.54) is 0 Å². The molecule has 41 heavy (non-hydrogen) atoms. The maximum absolute atomic E-state index is 13.6. The zero-order valence-corrected chi connectivity index (χ0v) is 25.4. The van der Waals surface area contributed by atoms with Crippen molar-refractivity contribution >= 4 is 29.1 Å². The predicted octanol–water partition coefficient (Wildman–Crippen LogP) is 4.55. The molecule has 2 aromatic carbocycles. The van der Waals surface area contributed by atoms with Gasteiger partial charge in [0.25, 0.3) is 0 Å². The third-order valence-electron chi connectivity index (χ3n) is 7.24. The second-order valence-corrected chi connectivity index (χ2v) is 10.8. The fraction of sp³-hybridized carbons (Fsp3) is 0.419. The first-order valence-electron chi connectivity index (χ1n) is 14.0. The van der Waals surface area contributed by atoms with Gasteiger partial charge in [-0.2, -0.15) is 0 Å². The first kappa shape index (κ1) is 30.0. The minimum atomic E-state index is -0.0412. The van der Waals surface area contributed by atoms with Gasteiger partial charge in [0, 0.05) is 43.9 Å². The summed E-state index contributed by atoms with van der Waals surface area (Å²) in [7, 11) is 3.25. The first-order chi connectivity index (χ1) is 19.8. The molecule has 1 N–H and O–H groups in total. The van der Waals surface area contributed by atoms with Crippen molar-refractivity contribution in [2.45, 2.75) is 39.3 Å². The van der Waals surface area contributed by atoms with Gasteiger partial charge in [-0.05, 0) is 69.2 Å². The topological polar surface area (TPSA) is 83.1 Å². The highest BCUT2D eigenvalue weighted by atomic mass is 32.1. The number of carbonyl (C=O) groups excluding carboxylic acids is 1. The van der Waals surface area contributed by atoms with Gasteiger partial charge < -0.3 is 29.5 Å². The number of hydrogen-bond donors (Lipinski definition) is 1. The molecule has 1 amide bonds. The van der Waals surface area contributed by atoms with E-state index in [2.05, 4.69) is 39.5 Å². The number of carbonyl (C=O) groups is 1. The first-order valence-corrected chi connectivity index (χ1v) is 14.4. The zero-order chi connectivity index (χ0) is 29.4. The van der Waals surface area contributed by atoms with Gasteiger partial charge in [-0.3, -0.25) is 4.79 Å². The highest BCUT2D eigenvalue weighted by Gasteiger charge is 2.26. The van der Waals surface area contributed by atoms with E-state index in [9.17, 15) is 4.79 Å². The number of methoxy groups -OCH3 is 2. The molecule has 0 bridgehead atoms. The van der Waals surface area contributed by atoms with Gasteiger partial charge in [0.15, 0.2) is 10.9 Å². The van der Waals surface area contributed by atoms with Crippen molar-refractivity contribution in [2.24, 2.45) is 0 Å². The molecule has 0 radical (unpaired) electrons. The summed E-state index contributed by atoms with van der Waals surface area (Å²) < 4.78 is 10.8. The van der Waals surface area contributed by atoms with E-state index in [1.807, 2.05) is 72.2 Å². The van der Waals surface area contributed by atoms with Crippen molar-refractivity contribution in [1.82, 2.24) is 25.3 Å².